The van der Waals surface area contributed by atoms with Gasteiger partial charge in [0.15, 0.2) is 0 Å². The third-order valence-corrected chi connectivity index (χ3v) is 5.68. The van der Waals surface area contributed by atoms with Gasteiger partial charge in [-0.15, -0.1) is 10.0 Å². The summed E-state index contributed by atoms with van der Waals surface area (Å²) in [4.78, 5) is 36.9. The van der Waals surface area contributed by atoms with Gasteiger partial charge in [-0.05, 0) is 38.0 Å². The molecule has 0 aliphatic rings. The molecule has 0 atom stereocenters. The molecule has 0 aliphatic carbocycles. The molecule has 0 radical (unpaired) electrons. The summed E-state index contributed by atoms with van der Waals surface area (Å²) in [7, 11) is 0. The number of ether oxygens (including phenoxy) is 2. The van der Waals surface area contributed by atoms with E-state index in [0.29, 0.717) is 28.8 Å². The highest BCUT2D eigenvalue weighted by Crippen LogP contribution is 2.34. The highest BCUT2D eigenvalue weighted by Gasteiger charge is 2.27. The molecule has 0 spiro atoms. The Morgan fingerprint density at radius 3 is 2.12 bits per heavy atom. The molecule has 0 saturated heterocycles. The van der Waals surface area contributed by atoms with Gasteiger partial charge in [0.2, 0.25) is 10.6 Å². The van der Waals surface area contributed by atoms with Crippen LogP contribution in [0, 0.1) is 10.4 Å². The number of esters is 2. The Morgan fingerprint density at radius 1 is 0.976 bits per heavy atom. The molecule has 3 rings (SSSR count). The number of anilines is 2. The van der Waals surface area contributed by atoms with Crippen molar-refractivity contribution in [3.63, 3.8) is 0 Å². The number of rotatable bonds is 15. The van der Waals surface area contributed by atoms with Crippen LogP contribution in [0.15, 0.2) is 59.3 Å². The number of imidazole rings is 1. The first-order valence-corrected chi connectivity index (χ1v) is 13.1. The van der Waals surface area contributed by atoms with Gasteiger partial charge < -0.3 is 34.1 Å². The molecule has 1 heterocycles. The average Bonchev–Trinajstić information content (AvgIpc) is 3.39. The second kappa shape index (κ2) is 15.0. The molecule has 0 amide bonds. The number of carbonyl (C=O) groups is 2. The number of aromatic nitrogens is 2. The SMILES string of the molecule is CCCN(c1cc(N(Cc2ccccc2)/[N+]([O-])=N/OCOC(C)=O)c2ncn(C(C)C)c2c1)/[N+]([O-])=N/OCOC(C)=O. The molecular weight excluding hydrogens is 552 g/mol. The van der Waals surface area contributed by atoms with Crippen molar-refractivity contribution < 1.29 is 38.7 Å². The Kier molecular flexibility index (Phi) is 11.2. The van der Waals surface area contributed by atoms with Crippen LogP contribution in [0.5, 0.6) is 0 Å². The van der Waals surface area contributed by atoms with Crippen molar-refractivity contribution in [2.24, 2.45) is 10.6 Å². The van der Waals surface area contributed by atoms with Crippen LogP contribution in [0.2, 0.25) is 0 Å². The van der Waals surface area contributed by atoms with Crippen molar-refractivity contribution in [1.29, 1.82) is 0 Å². The van der Waals surface area contributed by atoms with E-state index < -0.39 is 25.5 Å². The maximum absolute atomic E-state index is 13.4. The van der Waals surface area contributed by atoms with Crippen LogP contribution >= 0.6 is 0 Å². The van der Waals surface area contributed by atoms with E-state index in [2.05, 4.69) is 20.3 Å². The molecule has 16 heteroatoms. The highest BCUT2D eigenvalue weighted by molar-refractivity contribution is 5.92. The number of fused-ring (bicyclic) bond motifs is 1. The van der Waals surface area contributed by atoms with Gasteiger partial charge in [0.1, 0.15) is 23.4 Å². The molecule has 0 saturated carbocycles. The van der Waals surface area contributed by atoms with E-state index in [-0.39, 0.29) is 29.1 Å². The summed E-state index contributed by atoms with van der Waals surface area (Å²) >= 11 is 0. The molecule has 1 aromatic heterocycles. The van der Waals surface area contributed by atoms with Gasteiger partial charge in [-0.1, -0.05) is 37.3 Å². The standard InChI is InChI=1S/C26H34N8O8/c1-6-12-31(33(37)28-41-17-39-20(4)35)23-13-24-26(27-16-30(24)19(2)3)25(14-23)32(15-22-10-8-7-9-11-22)34(38)29-42-18-40-21(5)36/h7-11,13-14,16,19H,6,12,15,17-18H2,1-5H3/b33-28-,34-29-. The van der Waals surface area contributed by atoms with E-state index in [1.54, 1.807) is 18.5 Å². The van der Waals surface area contributed by atoms with Crippen LogP contribution in [0.25, 0.3) is 11.0 Å². The maximum atomic E-state index is 13.4. The van der Waals surface area contributed by atoms with Crippen molar-refractivity contribution in [3.8, 4) is 0 Å². The monoisotopic (exact) mass is 586 g/mol. The van der Waals surface area contributed by atoms with Crippen LogP contribution in [0.3, 0.4) is 0 Å². The molecule has 42 heavy (non-hydrogen) atoms. The summed E-state index contributed by atoms with van der Waals surface area (Å²) in [6, 6.07) is 12.5. The number of nitrogens with zero attached hydrogens (tertiary/aromatic N) is 8. The van der Waals surface area contributed by atoms with E-state index in [1.807, 2.05) is 55.7 Å². The second-order valence-corrected chi connectivity index (χ2v) is 9.18. The predicted octanol–water partition coefficient (Wildman–Crippen LogP) is 4.50. The minimum absolute atomic E-state index is 0.0134. The molecular formula is C26H34N8O8. The zero-order valence-electron chi connectivity index (χ0n) is 24.1. The lowest BCUT2D eigenvalue weighted by Crippen LogP contribution is -2.33. The number of benzene rings is 2. The maximum Gasteiger partial charge on any atom is 0.305 e. The first kappa shape index (κ1) is 31.4. The summed E-state index contributed by atoms with van der Waals surface area (Å²) < 4.78 is 11.3. The third kappa shape index (κ3) is 8.42. The van der Waals surface area contributed by atoms with Crippen molar-refractivity contribution >= 4 is 34.3 Å². The van der Waals surface area contributed by atoms with Gasteiger partial charge in [-0.2, -0.15) is 0 Å². The molecule has 0 unspecified atom stereocenters. The third-order valence-electron chi connectivity index (χ3n) is 5.68. The largest absolute Gasteiger partial charge is 0.569 e. The van der Waals surface area contributed by atoms with E-state index in [9.17, 15) is 20.0 Å². The molecule has 0 fully saturated rings. The number of carbonyl (C=O) groups excluding carboxylic acids is 2. The van der Waals surface area contributed by atoms with Gasteiger partial charge in [0, 0.05) is 19.9 Å². The van der Waals surface area contributed by atoms with Gasteiger partial charge in [-0.25, -0.2) is 4.98 Å². The van der Waals surface area contributed by atoms with Crippen LogP contribution in [-0.4, -0.2) is 51.6 Å². The fourth-order valence-electron chi connectivity index (χ4n) is 3.83. The Hall–Kier alpha value is -5.15. The Morgan fingerprint density at radius 2 is 1.57 bits per heavy atom. The molecule has 2 aromatic carbocycles. The van der Waals surface area contributed by atoms with E-state index in [1.165, 1.54) is 23.9 Å². The van der Waals surface area contributed by atoms with Gasteiger partial charge in [0.25, 0.3) is 13.6 Å². The fraction of sp³-hybridized carbons (Fsp3) is 0.423. The molecule has 16 nitrogen and oxygen atoms in total. The minimum Gasteiger partial charge on any atom is -0.569 e. The normalized spacial score (nSPS) is 11.9. The first-order chi connectivity index (χ1) is 20.1. The Bertz CT molecular complexity index is 1410. The first-order valence-electron chi connectivity index (χ1n) is 13.1. The topological polar surface area (TPSA) is 172 Å². The van der Waals surface area contributed by atoms with Crippen molar-refractivity contribution in [3.05, 3.63) is 64.8 Å². The predicted molar refractivity (Wildman–Crippen MR) is 148 cm³/mol. The zero-order chi connectivity index (χ0) is 30.6. The lowest BCUT2D eigenvalue weighted by molar-refractivity contribution is -0.574. The second-order valence-electron chi connectivity index (χ2n) is 9.18. The van der Waals surface area contributed by atoms with Gasteiger partial charge in [0.05, 0.1) is 28.3 Å². The zero-order valence-corrected chi connectivity index (χ0v) is 24.1. The van der Waals surface area contributed by atoms with Crippen molar-refractivity contribution in [1.82, 2.24) is 9.55 Å². The van der Waals surface area contributed by atoms with Crippen LogP contribution < -0.4 is 10.0 Å². The highest BCUT2D eigenvalue weighted by atomic mass is 16.8. The molecule has 0 bridgehead atoms. The molecule has 0 aliphatic heterocycles. The van der Waals surface area contributed by atoms with Crippen LogP contribution in [0.1, 0.15) is 52.6 Å². The molecule has 0 N–H and O–H groups in total. The number of hydrazine groups is 2. The lowest BCUT2D eigenvalue weighted by atomic mass is 10.1. The van der Waals surface area contributed by atoms with Crippen LogP contribution in [-0.2, 0) is 35.3 Å². The summed E-state index contributed by atoms with van der Waals surface area (Å²) in [6.07, 6.45) is 2.19. The van der Waals surface area contributed by atoms with E-state index >= 15 is 0 Å². The minimum atomic E-state index is -0.599. The van der Waals surface area contributed by atoms with Gasteiger partial charge in [-0.3, -0.25) is 9.59 Å². The van der Waals surface area contributed by atoms with Crippen molar-refractivity contribution in [2.75, 3.05) is 30.1 Å². The summed E-state index contributed by atoms with van der Waals surface area (Å²) in [5.74, 6) is -1.19. The fourth-order valence-corrected chi connectivity index (χ4v) is 3.83. The average molecular weight is 587 g/mol. The number of hydrogen-bond donors (Lipinski definition) is 0. The van der Waals surface area contributed by atoms with Crippen molar-refractivity contribution in [2.45, 2.75) is 53.6 Å². The van der Waals surface area contributed by atoms with Crippen LogP contribution in [0.4, 0.5) is 11.4 Å². The molecule has 3 aromatic rings. The quantitative estimate of drug-likeness (QED) is 0.0613. The lowest BCUT2D eigenvalue weighted by Gasteiger charge is -2.22. The summed E-state index contributed by atoms with van der Waals surface area (Å²) in [5.41, 5.74) is 2.51. The van der Waals surface area contributed by atoms with Gasteiger partial charge >= 0.3 is 11.9 Å². The Labute approximate surface area is 242 Å². The summed E-state index contributed by atoms with van der Waals surface area (Å²) in [5, 5.41) is 36.0. The summed E-state index contributed by atoms with van der Waals surface area (Å²) in [6.45, 7) is 7.37. The Balaban J connectivity index is 2.15. The van der Waals surface area contributed by atoms with E-state index in [4.69, 9.17) is 14.4 Å². The number of hydrogen-bond acceptors (Lipinski definition) is 11. The smallest absolute Gasteiger partial charge is 0.305 e. The molecule has 226 valence electrons. The van der Waals surface area contributed by atoms with E-state index in [0.717, 1.165) is 5.56 Å².